The fourth-order valence-corrected chi connectivity index (χ4v) is 6.42. The van der Waals surface area contributed by atoms with Gasteiger partial charge in [0.2, 0.25) is 5.91 Å². The molecule has 0 spiro atoms. The molecule has 2 aliphatic rings. The normalized spacial score (nSPS) is 17.4. The molecule has 1 saturated heterocycles. The molecule has 0 aliphatic carbocycles. The molecule has 0 saturated carbocycles. The first-order chi connectivity index (χ1) is 17.8. The average molecular weight is 519 g/mol. The van der Waals surface area contributed by atoms with Gasteiger partial charge in [-0.15, -0.1) is 11.3 Å². The molecular formula is C26H20F2N6O2S. The maximum atomic E-state index is 15.9. The number of rotatable bonds is 2. The summed E-state index contributed by atoms with van der Waals surface area (Å²) >= 11 is 0.934. The third-order valence-corrected chi connectivity index (χ3v) is 8.23. The molecule has 2 aromatic heterocycles. The van der Waals surface area contributed by atoms with Crippen molar-refractivity contribution in [1.29, 1.82) is 5.26 Å². The number of carbonyl (C=O) groups excluding carboxylic acids is 2. The SMILES string of the molecule is C=CC(=O)N1CCN2C(=O)c3cc(F)c(-c4ccc(F)c5sc(N)c(C#N)c45)c4ncn(c34)CC[C@H]2C1. The van der Waals surface area contributed by atoms with E-state index in [0.29, 0.717) is 43.7 Å². The summed E-state index contributed by atoms with van der Waals surface area (Å²) in [6.07, 6.45) is 3.39. The number of benzene rings is 2. The molecule has 6 rings (SSSR count). The average Bonchev–Trinajstić information content (AvgIpc) is 3.47. The van der Waals surface area contributed by atoms with E-state index in [0.717, 1.165) is 11.3 Å². The molecule has 0 radical (unpaired) electrons. The van der Waals surface area contributed by atoms with Gasteiger partial charge in [0.1, 0.15) is 28.2 Å². The molecule has 2 amide bonds. The molecule has 0 bridgehead atoms. The molecule has 2 aliphatic heterocycles. The van der Waals surface area contributed by atoms with Gasteiger partial charge in [0.15, 0.2) is 0 Å². The van der Waals surface area contributed by atoms with Crippen molar-refractivity contribution < 1.29 is 18.4 Å². The molecule has 4 heterocycles. The van der Waals surface area contributed by atoms with Gasteiger partial charge >= 0.3 is 0 Å². The molecule has 186 valence electrons. The highest BCUT2D eigenvalue weighted by atomic mass is 32.1. The second-order valence-electron chi connectivity index (χ2n) is 9.10. The van der Waals surface area contributed by atoms with Crippen molar-refractivity contribution in [2.75, 3.05) is 25.4 Å². The second kappa shape index (κ2) is 8.38. The Balaban J connectivity index is 1.54. The molecule has 1 atom stereocenters. The quantitative estimate of drug-likeness (QED) is 0.405. The molecular weight excluding hydrogens is 498 g/mol. The first-order valence-electron chi connectivity index (χ1n) is 11.6. The lowest BCUT2D eigenvalue weighted by Gasteiger charge is -2.42. The summed E-state index contributed by atoms with van der Waals surface area (Å²) in [5.74, 6) is -1.79. The third kappa shape index (κ3) is 3.33. The largest absolute Gasteiger partial charge is 0.389 e. The number of aromatic nitrogens is 2. The first kappa shape index (κ1) is 23.1. The minimum Gasteiger partial charge on any atom is -0.389 e. The van der Waals surface area contributed by atoms with Crippen molar-refractivity contribution in [3.05, 3.63) is 59.9 Å². The Kier molecular flexibility index (Phi) is 5.24. The van der Waals surface area contributed by atoms with Gasteiger partial charge in [-0.25, -0.2) is 13.8 Å². The van der Waals surface area contributed by atoms with Gasteiger partial charge in [-0.3, -0.25) is 9.59 Å². The van der Waals surface area contributed by atoms with Crippen LogP contribution >= 0.6 is 11.3 Å². The topological polar surface area (TPSA) is 108 Å². The number of fused-ring (bicyclic) bond motifs is 2. The molecule has 1 fully saturated rings. The Hall–Kier alpha value is -4.30. The second-order valence-corrected chi connectivity index (χ2v) is 10.1. The monoisotopic (exact) mass is 518 g/mol. The summed E-state index contributed by atoms with van der Waals surface area (Å²) < 4.78 is 32.5. The third-order valence-electron chi connectivity index (χ3n) is 7.20. The lowest BCUT2D eigenvalue weighted by Crippen LogP contribution is -2.57. The maximum Gasteiger partial charge on any atom is 0.256 e. The lowest BCUT2D eigenvalue weighted by molar-refractivity contribution is -0.128. The number of nitriles is 1. The number of carbonyl (C=O) groups is 2. The molecule has 8 nitrogen and oxygen atoms in total. The summed E-state index contributed by atoms with van der Waals surface area (Å²) in [7, 11) is 0. The number of nitrogen functional groups attached to an aromatic ring is 1. The van der Waals surface area contributed by atoms with Gasteiger partial charge < -0.3 is 20.1 Å². The van der Waals surface area contributed by atoms with Crippen molar-refractivity contribution in [2.45, 2.75) is 19.0 Å². The molecule has 11 heteroatoms. The molecule has 37 heavy (non-hydrogen) atoms. The molecule has 2 aromatic carbocycles. The van der Waals surface area contributed by atoms with E-state index in [1.807, 2.05) is 10.6 Å². The van der Waals surface area contributed by atoms with Crippen molar-refractivity contribution in [1.82, 2.24) is 19.4 Å². The Morgan fingerprint density at radius 3 is 2.81 bits per heavy atom. The predicted molar refractivity (Wildman–Crippen MR) is 136 cm³/mol. The number of imidazole rings is 1. The molecule has 2 N–H and O–H groups in total. The number of hydrogen-bond acceptors (Lipinski definition) is 6. The van der Waals surface area contributed by atoms with Crippen molar-refractivity contribution in [3.63, 3.8) is 0 Å². The van der Waals surface area contributed by atoms with Gasteiger partial charge in [-0.1, -0.05) is 12.6 Å². The van der Waals surface area contributed by atoms with Crippen molar-refractivity contribution in [3.8, 4) is 17.2 Å². The summed E-state index contributed by atoms with van der Waals surface area (Å²) in [5.41, 5.74) is 7.34. The highest BCUT2D eigenvalue weighted by Gasteiger charge is 2.36. The summed E-state index contributed by atoms with van der Waals surface area (Å²) in [5, 5.41) is 10.1. The minimum absolute atomic E-state index is 0.0811. The standard InChI is InChI=1S/C26H20F2N6O2S/c1-2-19(35)32-7-8-34-13(11-32)5-6-33-12-31-22-21(18(28)9-15(23(22)33)26(34)36)14-3-4-17(27)24-20(14)16(10-29)25(30)37-24/h2-4,9,12-13H,1,5-8,11,30H2/t13-/m0/s1. The van der Waals surface area contributed by atoms with Crippen LogP contribution in [0.5, 0.6) is 0 Å². The van der Waals surface area contributed by atoms with Crippen molar-refractivity contribution in [2.24, 2.45) is 0 Å². The van der Waals surface area contributed by atoms with Gasteiger partial charge in [-0.05, 0) is 30.2 Å². The Morgan fingerprint density at radius 2 is 2.05 bits per heavy atom. The zero-order valence-electron chi connectivity index (χ0n) is 19.5. The van der Waals surface area contributed by atoms with Gasteiger partial charge in [0.05, 0.1) is 33.7 Å². The van der Waals surface area contributed by atoms with Crippen LogP contribution in [0.4, 0.5) is 13.8 Å². The first-order valence-corrected chi connectivity index (χ1v) is 12.5. The highest BCUT2D eigenvalue weighted by molar-refractivity contribution is 7.23. The smallest absolute Gasteiger partial charge is 0.256 e. The van der Waals surface area contributed by atoms with Gasteiger partial charge in [0.25, 0.3) is 5.91 Å². The lowest BCUT2D eigenvalue weighted by atomic mass is 9.94. The number of nitrogens with zero attached hydrogens (tertiary/aromatic N) is 5. The number of piperazine rings is 1. The van der Waals surface area contributed by atoms with Crippen LogP contribution < -0.4 is 5.73 Å². The van der Waals surface area contributed by atoms with E-state index in [2.05, 4.69) is 11.6 Å². The number of aryl methyl sites for hydroxylation is 1. The van der Waals surface area contributed by atoms with E-state index in [9.17, 15) is 19.2 Å². The van der Waals surface area contributed by atoms with E-state index in [4.69, 9.17) is 5.73 Å². The summed E-state index contributed by atoms with van der Waals surface area (Å²) in [6, 6.07) is 5.60. The number of anilines is 1. The Labute approximate surface area is 213 Å². The Morgan fingerprint density at radius 1 is 1.24 bits per heavy atom. The number of thiophene rings is 1. The predicted octanol–water partition coefficient (Wildman–Crippen LogP) is 3.89. The molecule has 0 unspecified atom stereocenters. The zero-order chi connectivity index (χ0) is 26.0. The van der Waals surface area contributed by atoms with Crippen LogP contribution in [0.3, 0.4) is 0 Å². The fourth-order valence-electron chi connectivity index (χ4n) is 5.47. The number of amides is 2. The zero-order valence-corrected chi connectivity index (χ0v) is 20.3. The summed E-state index contributed by atoms with van der Waals surface area (Å²) in [4.78, 5) is 33.7. The molecule has 4 aromatic rings. The van der Waals surface area contributed by atoms with Crippen LogP contribution in [0.15, 0.2) is 37.2 Å². The van der Waals surface area contributed by atoms with Crippen molar-refractivity contribution >= 4 is 49.3 Å². The van der Waals surface area contributed by atoms with Crippen LogP contribution in [0.1, 0.15) is 22.3 Å². The summed E-state index contributed by atoms with van der Waals surface area (Å²) in [6.45, 7) is 5.09. The number of nitrogens with two attached hydrogens (primary N) is 1. The number of halogens is 2. The highest BCUT2D eigenvalue weighted by Crippen LogP contribution is 2.44. The van der Waals surface area contributed by atoms with E-state index < -0.39 is 11.6 Å². The van der Waals surface area contributed by atoms with Gasteiger partial charge in [-0.2, -0.15) is 5.26 Å². The fraction of sp³-hybridized carbons (Fsp3) is 0.231. The maximum absolute atomic E-state index is 15.9. The van der Waals surface area contributed by atoms with E-state index in [-0.39, 0.29) is 55.2 Å². The van der Waals surface area contributed by atoms with E-state index >= 15 is 4.39 Å². The van der Waals surface area contributed by atoms with Crippen LogP contribution in [0.2, 0.25) is 0 Å². The minimum atomic E-state index is -0.708. The van der Waals surface area contributed by atoms with Gasteiger partial charge in [0, 0.05) is 37.1 Å². The van der Waals surface area contributed by atoms with Crippen LogP contribution in [-0.2, 0) is 11.3 Å². The van der Waals surface area contributed by atoms with E-state index in [1.165, 1.54) is 24.3 Å². The van der Waals surface area contributed by atoms with E-state index in [1.54, 1.807) is 16.1 Å². The van der Waals surface area contributed by atoms with Crippen LogP contribution in [0.25, 0.3) is 32.2 Å². The van der Waals surface area contributed by atoms with Crippen LogP contribution in [0, 0.1) is 23.0 Å². The number of hydrogen-bond donors (Lipinski definition) is 1. The van der Waals surface area contributed by atoms with Crippen LogP contribution in [-0.4, -0.2) is 56.8 Å². The Bertz CT molecular complexity index is 1700.